The fourth-order valence-electron chi connectivity index (χ4n) is 3.60. The van der Waals surface area contributed by atoms with Crippen molar-refractivity contribution >= 4 is 24.1 Å². The minimum atomic E-state index is -3.90. The van der Waals surface area contributed by atoms with Crippen molar-refractivity contribution in [3.63, 3.8) is 0 Å². The van der Waals surface area contributed by atoms with Crippen LogP contribution in [0.15, 0.2) is 107 Å². The molecule has 0 aliphatic heterocycles. The summed E-state index contributed by atoms with van der Waals surface area (Å²) in [7, 11) is 3.33. The van der Waals surface area contributed by atoms with Crippen molar-refractivity contribution in [2.24, 2.45) is 0 Å². The number of hydrogen-bond acceptors (Lipinski definition) is 6. The third kappa shape index (κ3) is 5.47. The first-order valence-corrected chi connectivity index (χ1v) is 16.3. The Labute approximate surface area is 198 Å². The van der Waals surface area contributed by atoms with Gasteiger partial charge in [-0.05, 0) is 0 Å². The van der Waals surface area contributed by atoms with E-state index in [1.165, 1.54) is 24.1 Å². The maximum absolute atomic E-state index is 6.89. The Morgan fingerprint density at radius 3 is 1.26 bits per heavy atom. The molecule has 7 heteroatoms. The van der Waals surface area contributed by atoms with Crippen LogP contribution in [0.5, 0.6) is 11.5 Å². The SMILES string of the molecule is COSc1ccc([O][Zr]([O]c2ccc(SOC)cc2)([CH]2C=CC=C2)[CH]2C=CC=C2)cc1. The molecule has 0 bridgehead atoms. The molecule has 0 N–H and O–H groups in total. The van der Waals surface area contributed by atoms with Crippen LogP contribution < -0.4 is 5.63 Å². The van der Waals surface area contributed by atoms with Crippen molar-refractivity contribution < 1.29 is 35.1 Å². The monoisotopic (exact) mass is 530 g/mol. The second kappa shape index (κ2) is 10.9. The molecule has 0 fully saturated rings. The van der Waals surface area contributed by atoms with Crippen molar-refractivity contribution in [2.75, 3.05) is 14.2 Å². The van der Waals surface area contributed by atoms with Crippen LogP contribution in [-0.4, -0.2) is 14.2 Å². The second-order valence-corrected chi connectivity index (χ2v) is 16.7. The zero-order chi connectivity index (χ0) is 21.5. The molecule has 31 heavy (non-hydrogen) atoms. The first-order chi connectivity index (χ1) is 15.2. The van der Waals surface area contributed by atoms with E-state index in [-0.39, 0.29) is 7.25 Å². The van der Waals surface area contributed by atoms with Gasteiger partial charge >= 0.3 is 199 Å². The fourth-order valence-corrected chi connectivity index (χ4v) is 13.2. The van der Waals surface area contributed by atoms with Crippen molar-refractivity contribution in [1.82, 2.24) is 0 Å². The van der Waals surface area contributed by atoms with E-state index in [0.717, 1.165) is 21.3 Å². The molecule has 4 rings (SSSR count). The maximum atomic E-state index is 6.89. The van der Waals surface area contributed by atoms with E-state index in [4.69, 9.17) is 14.0 Å². The van der Waals surface area contributed by atoms with Gasteiger partial charge in [0, 0.05) is 0 Å². The molecule has 4 nitrogen and oxygen atoms in total. The Morgan fingerprint density at radius 2 is 0.935 bits per heavy atom. The normalized spacial score (nSPS) is 15.8. The van der Waals surface area contributed by atoms with Crippen LogP contribution in [0.2, 0.25) is 7.25 Å². The van der Waals surface area contributed by atoms with Crippen LogP contribution >= 0.6 is 24.1 Å². The van der Waals surface area contributed by atoms with Gasteiger partial charge in [0.15, 0.2) is 0 Å². The summed E-state index contributed by atoms with van der Waals surface area (Å²) in [5, 5.41) is 0. The van der Waals surface area contributed by atoms with Gasteiger partial charge in [-0.15, -0.1) is 0 Å². The molecule has 2 aromatic rings. The van der Waals surface area contributed by atoms with Crippen molar-refractivity contribution in [1.29, 1.82) is 0 Å². The summed E-state index contributed by atoms with van der Waals surface area (Å²) in [6, 6.07) is 16.0. The van der Waals surface area contributed by atoms with Crippen LogP contribution in [0.25, 0.3) is 0 Å². The van der Waals surface area contributed by atoms with Crippen molar-refractivity contribution in [3.8, 4) is 11.5 Å². The Bertz CT molecular complexity index is 878. The summed E-state index contributed by atoms with van der Waals surface area (Å²) in [5.74, 6) is 1.65. The Hall–Kier alpha value is -1.50. The molecule has 160 valence electrons. The van der Waals surface area contributed by atoms with E-state index < -0.39 is 21.1 Å². The summed E-state index contributed by atoms with van der Waals surface area (Å²) < 4.78 is 24.4. The van der Waals surface area contributed by atoms with Gasteiger partial charge in [-0.3, -0.25) is 0 Å². The van der Waals surface area contributed by atoms with E-state index >= 15 is 0 Å². The van der Waals surface area contributed by atoms with Gasteiger partial charge in [-0.25, -0.2) is 0 Å². The van der Waals surface area contributed by atoms with Crippen LogP contribution in [0.1, 0.15) is 0 Å². The zero-order valence-electron chi connectivity index (χ0n) is 17.3. The Kier molecular flexibility index (Phi) is 7.97. The second-order valence-electron chi connectivity index (χ2n) is 6.96. The molecule has 0 saturated heterocycles. The van der Waals surface area contributed by atoms with Crippen molar-refractivity contribution in [2.45, 2.75) is 17.0 Å². The summed E-state index contributed by atoms with van der Waals surface area (Å²) in [6.07, 6.45) is 17.2. The number of hydrogen-bond donors (Lipinski definition) is 0. The summed E-state index contributed by atoms with van der Waals surface area (Å²) >= 11 is -1.23. The van der Waals surface area contributed by atoms with Gasteiger partial charge < -0.3 is 0 Å². The molecule has 2 aliphatic carbocycles. The molecule has 0 atom stereocenters. The number of allylic oxidation sites excluding steroid dienone is 8. The summed E-state index contributed by atoms with van der Waals surface area (Å²) in [5.41, 5.74) is 0. The van der Waals surface area contributed by atoms with E-state index in [1.54, 1.807) is 14.2 Å². The predicted molar refractivity (Wildman–Crippen MR) is 124 cm³/mol. The predicted octanol–water partition coefficient (Wildman–Crippen LogP) is 7.26. The summed E-state index contributed by atoms with van der Waals surface area (Å²) in [6.45, 7) is 0. The average molecular weight is 532 g/mol. The molecule has 0 heterocycles. The third-order valence-electron chi connectivity index (χ3n) is 4.99. The minimum absolute atomic E-state index is 0.146. The third-order valence-corrected chi connectivity index (χ3v) is 15.4. The standard InChI is InChI=1S/2C7H8O2S.2C5H5.Zr/c2*1-9-10-7-4-2-6(8)3-5-7;2*1-2-4-5-3-1;/h2*2-5,8H,1H3;2*1-5H;/q;;;;+2/p-2. The van der Waals surface area contributed by atoms with Crippen LogP contribution in [0.4, 0.5) is 0 Å². The molecule has 0 amide bonds. The average Bonchev–Trinajstić information content (AvgIpc) is 3.51. The molecule has 0 spiro atoms. The molecular weight excluding hydrogens is 508 g/mol. The molecule has 0 saturated carbocycles. The number of benzene rings is 2. The topological polar surface area (TPSA) is 36.9 Å². The van der Waals surface area contributed by atoms with Crippen molar-refractivity contribution in [3.05, 3.63) is 97.1 Å². The van der Waals surface area contributed by atoms with Gasteiger partial charge in [-0.2, -0.15) is 0 Å². The quantitative estimate of drug-likeness (QED) is 0.300. The van der Waals surface area contributed by atoms with Gasteiger partial charge in [0.2, 0.25) is 0 Å². The first kappa shape index (κ1) is 22.7. The van der Waals surface area contributed by atoms with Gasteiger partial charge in [0.05, 0.1) is 0 Å². The Balaban J connectivity index is 1.69. The van der Waals surface area contributed by atoms with Gasteiger partial charge in [0.25, 0.3) is 0 Å². The van der Waals surface area contributed by atoms with E-state index in [0.29, 0.717) is 0 Å². The first-order valence-electron chi connectivity index (χ1n) is 9.93. The molecule has 0 radical (unpaired) electrons. The molecular formula is C24H24O4S2Zr. The van der Waals surface area contributed by atoms with Gasteiger partial charge in [-0.1, -0.05) is 0 Å². The molecule has 0 aromatic heterocycles. The molecule has 0 unspecified atom stereocenters. The van der Waals surface area contributed by atoms with E-state index in [9.17, 15) is 0 Å². The van der Waals surface area contributed by atoms with Crippen LogP contribution in [0, 0.1) is 0 Å². The van der Waals surface area contributed by atoms with Gasteiger partial charge in [0.1, 0.15) is 0 Å². The van der Waals surface area contributed by atoms with Crippen LogP contribution in [0.3, 0.4) is 0 Å². The van der Waals surface area contributed by atoms with E-state index in [1.807, 2.05) is 48.5 Å². The number of rotatable bonds is 10. The fraction of sp³-hybridized carbons (Fsp3) is 0.167. The molecule has 2 aliphatic rings. The Morgan fingerprint density at radius 1 is 0.581 bits per heavy atom. The summed E-state index contributed by atoms with van der Waals surface area (Å²) in [4.78, 5) is 2.06. The van der Waals surface area contributed by atoms with Crippen LogP contribution in [-0.2, 0) is 29.5 Å². The van der Waals surface area contributed by atoms with E-state index in [2.05, 4.69) is 48.6 Å². The molecule has 2 aromatic carbocycles. The zero-order valence-corrected chi connectivity index (χ0v) is 21.4.